The molecular weight excluding hydrogens is 387 g/mol. The summed E-state index contributed by atoms with van der Waals surface area (Å²) in [7, 11) is 0. The van der Waals surface area contributed by atoms with Crippen molar-refractivity contribution in [1.29, 1.82) is 5.26 Å². The second-order valence-corrected chi connectivity index (χ2v) is 7.51. The van der Waals surface area contributed by atoms with Crippen LogP contribution in [0.25, 0.3) is 11.3 Å². The third-order valence-corrected chi connectivity index (χ3v) is 5.50. The van der Waals surface area contributed by atoms with E-state index < -0.39 is 0 Å². The number of nitrogens with zero attached hydrogens (tertiary/aromatic N) is 4. The number of halogens is 1. The van der Waals surface area contributed by atoms with E-state index in [0.29, 0.717) is 12.1 Å². The van der Waals surface area contributed by atoms with E-state index in [0.717, 1.165) is 41.1 Å². The van der Waals surface area contributed by atoms with E-state index >= 15 is 0 Å². The predicted octanol–water partition coefficient (Wildman–Crippen LogP) is 4.19. The highest BCUT2D eigenvalue weighted by atomic mass is 32.1. The number of benzene rings is 2. The zero-order chi connectivity index (χ0) is 20.1. The van der Waals surface area contributed by atoms with E-state index in [1.165, 1.54) is 23.5 Å². The smallest absolute Gasteiger partial charge is 0.206 e. The van der Waals surface area contributed by atoms with Gasteiger partial charge in [-0.2, -0.15) is 10.4 Å². The van der Waals surface area contributed by atoms with Crippen LogP contribution in [0.15, 0.2) is 64.0 Å². The summed E-state index contributed by atoms with van der Waals surface area (Å²) >= 11 is 1.49. The Kier molecular flexibility index (Phi) is 5.94. The molecule has 1 aliphatic heterocycles. The summed E-state index contributed by atoms with van der Waals surface area (Å²) in [6, 6.07) is 15.6. The Labute approximate surface area is 172 Å². The van der Waals surface area contributed by atoms with E-state index in [4.69, 9.17) is 15.0 Å². The van der Waals surface area contributed by atoms with E-state index in [-0.39, 0.29) is 11.9 Å². The summed E-state index contributed by atoms with van der Waals surface area (Å²) in [4.78, 5) is 5.47. The largest absolute Gasteiger partial charge is 0.376 e. The Morgan fingerprint density at radius 1 is 1.21 bits per heavy atom. The molecule has 1 saturated heterocycles. The van der Waals surface area contributed by atoms with Crippen LogP contribution in [0.4, 0.5) is 4.39 Å². The molecule has 0 unspecified atom stereocenters. The second kappa shape index (κ2) is 8.95. The van der Waals surface area contributed by atoms with Crippen molar-refractivity contribution in [2.24, 2.45) is 10.1 Å². The maximum Gasteiger partial charge on any atom is 0.206 e. The molecule has 2 aromatic carbocycles. The summed E-state index contributed by atoms with van der Waals surface area (Å²) < 4.78 is 20.8. The Hall–Kier alpha value is -3.08. The van der Waals surface area contributed by atoms with Crippen LogP contribution in [0.5, 0.6) is 0 Å². The van der Waals surface area contributed by atoms with E-state index in [1.807, 2.05) is 17.5 Å². The highest BCUT2D eigenvalue weighted by molar-refractivity contribution is 7.07. The van der Waals surface area contributed by atoms with Gasteiger partial charge in [0.15, 0.2) is 0 Å². The van der Waals surface area contributed by atoms with Crippen LogP contribution in [0.3, 0.4) is 0 Å². The Balaban J connectivity index is 1.69. The van der Waals surface area contributed by atoms with Crippen molar-refractivity contribution in [3.8, 4) is 17.3 Å². The number of thiazole rings is 1. The molecule has 1 aliphatic rings. The molecule has 1 atom stereocenters. The summed E-state index contributed by atoms with van der Waals surface area (Å²) in [5.74, 6) is -0.278. The molecule has 3 aromatic rings. The van der Waals surface area contributed by atoms with Crippen molar-refractivity contribution in [3.05, 3.63) is 75.7 Å². The third-order valence-electron chi connectivity index (χ3n) is 4.64. The van der Waals surface area contributed by atoms with Gasteiger partial charge in [-0.3, -0.25) is 4.99 Å². The molecule has 1 fully saturated rings. The maximum absolute atomic E-state index is 13.3. The molecular formula is C22H19FN4OS. The fraction of sp³-hybridized carbons (Fsp3) is 0.227. The van der Waals surface area contributed by atoms with Gasteiger partial charge in [0.25, 0.3) is 0 Å². The van der Waals surface area contributed by atoms with Gasteiger partial charge >= 0.3 is 0 Å². The molecule has 0 N–H and O–H groups in total. The van der Waals surface area contributed by atoms with Crippen molar-refractivity contribution < 1.29 is 9.13 Å². The number of rotatable bonds is 5. The van der Waals surface area contributed by atoms with E-state index in [2.05, 4.69) is 11.2 Å². The minimum atomic E-state index is -0.278. The Bertz CT molecular complexity index is 1100. The van der Waals surface area contributed by atoms with Crippen LogP contribution in [0, 0.1) is 17.1 Å². The van der Waals surface area contributed by atoms with Crippen molar-refractivity contribution in [1.82, 2.24) is 4.68 Å². The first-order chi connectivity index (χ1) is 14.2. The average Bonchev–Trinajstić information content (AvgIpc) is 3.41. The molecule has 7 heteroatoms. The van der Waals surface area contributed by atoms with Gasteiger partial charge in [0.1, 0.15) is 5.82 Å². The minimum Gasteiger partial charge on any atom is -0.376 e. The highest BCUT2D eigenvalue weighted by Gasteiger charge is 2.15. The van der Waals surface area contributed by atoms with Gasteiger partial charge in [-0.1, -0.05) is 12.1 Å². The third kappa shape index (κ3) is 4.67. The fourth-order valence-electron chi connectivity index (χ4n) is 3.07. The van der Waals surface area contributed by atoms with Gasteiger partial charge in [-0.05, 0) is 54.8 Å². The van der Waals surface area contributed by atoms with Gasteiger partial charge in [0, 0.05) is 17.6 Å². The molecule has 0 radical (unpaired) electrons. The monoisotopic (exact) mass is 406 g/mol. The first-order valence-electron chi connectivity index (χ1n) is 9.36. The average molecular weight is 406 g/mol. The van der Waals surface area contributed by atoms with Crippen LogP contribution in [0.2, 0.25) is 0 Å². The molecule has 5 nitrogen and oxygen atoms in total. The standard InChI is InChI=1S/C22H19FN4OS/c23-19-9-7-18(8-10-19)21-15-29-22(25-14-20-2-1-11-28-20)27(21)26-13-17-5-3-16(12-24)4-6-17/h3-10,13,15,20H,1-2,11,14H2/b25-22?,26-13-/t20-/m1/s1. The van der Waals surface area contributed by atoms with Gasteiger partial charge in [0.2, 0.25) is 4.80 Å². The summed E-state index contributed by atoms with van der Waals surface area (Å²) in [5, 5.41) is 15.5. The summed E-state index contributed by atoms with van der Waals surface area (Å²) in [6.45, 7) is 1.39. The van der Waals surface area contributed by atoms with Crippen molar-refractivity contribution in [3.63, 3.8) is 0 Å². The molecule has 0 spiro atoms. The number of hydrogen-bond donors (Lipinski definition) is 0. The number of aromatic nitrogens is 1. The molecule has 4 rings (SSSR count). The lowest BCUT2D eigenvalue weighted by Gasteiger charge is -2.06. The molecule has 0 bridgehead atoms. The second-order valence-electron chi connectivity index (χ2n) is 6.68. The highest BCUT2D eigenvalue weighted by Crippen LogP contribution is 2.21. The van der Waals surface area contributed by atoms with Crippen molar-refractivity contribution >= 4 is 17.6 Å². The Morgan fingerprint density at radius 2 is 2.00 bits per heavy atom. The first-order valence-corrected chi connectivity index (χ1v) is 10.2. The molecule has 29 heavy (non-hydrogen) atoms. The molecule has 0 aliphatic carbocycles. The van der Waals surface area contributed by atoms with Crippen LogP contribution in [0.1, 0.15) is 24.0 Å². The molecule has 0 amide bonds. The quantitative estimate of drug-likeness (QED) is 0.597. The lowest BCUT2D eigenvalue weighted by atomic mass is 10.2. The molecule has 0 saturated carbocycles. The van der Waals surface area contributed by atoms with Crippen molar-refractivity contribution in [2.45, 2.75) is 18.9 Å². The van der Waals surface area contributed by atoms with Gasteiger partial charge in [0.05, 0.1) is 36.2 Å². The maximum atomic E-state index is 13.3. The zero-order valence-electron chi connectivity index (χ0n) is 15.7. The minimum absolute atomic E-state index is 0.155. The van der Waals surface area contributed by atoms with Crippen molar-refractivity contribution in [2.75, 3.05) is 13.2 Å². The lowest BCUT2D eigenvalue weighted by Crippen LogP contribution is -2.17. The van der Waals surface area contributed by atoms with Crippen LogP contribution < -0.4 is 4.80 Å². The Morgan fingerprint density at radius 3 is 2.69 bits per heavy atom. The van der Waals surface area contributed by atoms with Crippen LogP contribution in [-0.4, -0.2) is 30.1 Å². The normalized spacial score (nSPS) is 17.1. The molecule has 2 heterocycles. The summed E-state index contributed by atoms with van der Waals surface area (Å²) in [5.41, 5.74) is 3.17. The van der Waals surface area contributed by atoms with E-state index in [1.54, 1.807) is 35.2 Å². The number of ether oxygens (including phenoxy) is 1. The van der Waals surface area contributed by atoms with E-state index in [9.17, 15) is 4.39 Å². The molecule has 1 aromatic heterocycles. The van der Waals surface area contributed by atoms with Gasteiger partial charge < -0.3 is 4.74 Å². The van der Waals surface area contributed by atoms with Gasteiger partial charge in [-0.25, -0.2) is 9.07 Å². The first kappa shape index (κ1) is 19.2. The topological polar surface area (TPSA) is 62.7 Å². The zero-order valence-corrected chi connectivity index (χ0v) is 16.5. The molecule has 146 valence electrons. The number of nitriles is 1. The van der Waals surface area contributed by atoms with Crippen LogP contribution >= 0.6 is 11.3 Å². The predicted molar refractivity (Wildman–Crippen MR) is 111 cm³/mol. The SMILES string of the molecule is N#Cc1ccc(/C=N\n2c(-c3ccc(F)cc3)csc2=NC[C@H]2CCCO2)cc1. The fourth-order valence-corrected chi connectivity index (χ4v) is 3.92. The number of hydrogen-bond acceptors (Lipinski definition) is 5. The lowest BCUT2D eigenvalue weighted by molar-refractivity contribution is 0.117. The van der Waals surface area contributed by atoms with Gasteiger partial charge in [-0.15, -0.1) is 11.3 Å². The summed E-state index contributed by atoms with van der Waals surface area (Å²) in [6.07, 6.45) is 3.98. The van der Waals surface area contributed by atoms with Crippen LogP contribution in [-0.2, 0) is 4.74 Å².